The predicted octanol–water partition coefficient (Wildman–Crippen LogP) is 3.18. The van der Waals surface area contributed by atoms with Crippen molar-refractivity contribution >= 4 is 17.3 Å². The van der Waals surface area contributed by atoms with Gasteiger partial charge in [0.15, 0.2) is 11.5 Å². The molecule has 0 saturated heterocycles. The Labute approximate surface area is 121 Å². The van der Waals surface area contributed by atoms with Crippen molar-refractivity contribution in [3.63, 3.8) is 0 Å². The van der Waals surface area contributed by atoms with Crippen LogP contribution in [0.4, 0.5) is 11.6 Å². The topological polar surface area (TPSA) is 45.5 Å². The summed E-state index contributed by atoms with van der Waals surface area (Å²) in [5.74, 6) is 1.81. The Balaban J connectivity index is 2.47. The van der Waals surface area contributed by atoms with Crippen molar-refractivity contribution in [1.29, 1.82) is 0 Å². The second kappa shape index (κ2) is 5.69. The van der Waals surface area contributed by atoms with Crippen LogP contribution in [0.15, 0.2) is 18.6 Å². The summed E-state index contributed by atoms with van der Waals surface area (Å²) in [6.45, 7) is 9.71. The summed E-state index contributed by atoms with van der Waals surface area (Å²) in [6, 6.07) is 0. The van der Waals surface area contributed by atoms with Gasteiger partial charge in [-0.2, -0.15) is 0 Å². The van der Waals surface area contributed by atoms with Gasteiger partial charge in [0.1, 0.15) is 5.82 Å². The van der Waals surface area contributed by atoms with Gasteiger partial charge in [-0.1, -0.05) is 13.8 Å². The molecule has 0 unspecified atom stereocenters. The van der Waals surface area contributed by atoms with Crippen molar-refractivity contribution in [3.05, 3.63) is 18.6 Å². The van der Waals surface area contributed by atoms with E-state index in [1.165, 1.54) is 0 Å². The van der Waals surface area contributed by atoms with Crippen LogP contribution in [0.25, 0.3) is 5.65 Å². The van der Waals surface area contributed by atoms with Crippen LogP contribution < -0.4 is 10.2 Å². The van der Waals surface area contributed by atoms with Gasteiger partial charge in [0, 0.05) is 31.5 Å². The van der Waals surface area contributed by atoms with Gasteiger partial charge in [0.05, 0.1) is 6.20 Å². The zero-order chi connectivity index (χ0) is 14.8. The van der Waals surface area contributed by atoms with Crippen molar-refractivity contribution in [2.24, 2.45) is 0 Å². The number of nitrogens with one attached hydrogen (secondary N) is 1. The number of fused-ring (bicyclic) bond motifs is 1. The number of hydrogen-bond donors (Lipinski definition) is 1. The minimum atomic E-state index is 0.0445. The molecule has 5 nitrogen and oxygen atoms in total. The molecule has 1 N–H and O–H groups in total. The molecule has 0 aliphatic heterocycles. The fraction of sp³-hybridized carbons (Fsp3) is 0.600. The standard InChI is InChI=1S/C15H25N5/c1-6-8-16-12-11-20-10-9-17-13(20)14(18-12)19(5)15(3,4)7-2/h9-11,16H,6-8H2,1-5H3. The van der Waals surface area contributed by atoms with E-state index in [0.29, 0.717) is 0 Å². The molecule has 0 aliphatic carbocycles. The van der Waals surface area contributed by atoms with Crippen LogP contribution in [-0.4, -0.2) is 33.5 Å². The SMILES string of the molecule is CCCNc1cn2ccnc2c(N(C)C(C)(C)CC)n1. The highest BCUT2D eigenvalue weighted by atomic mass is 15.3. The monoisotopic (exact) mass is 275 g/mol. The van der Waals surface area contributed by atoms with Crippen molar-refractivity contribution in [1.82, 2.24) is 14.4 Å². The summed E-state index contributed by atoms with van der Waals surface area (Å²) < 4.78 is 2.03. The third kappa shape index (κ3) is 2.71. The molecular weight excluding hydrogens is 250 g/mol. The molecule has 20 heavy (non-hydrogen) atoms. The Hall–Kier alpha value is -1.78. The summed E-state index contributed by atoms with van der Waals surface area (Å²) in [4.78, 5) is 11.4. The summed E-state index contributed by atoms with van der Waals surface area (Å²) in [6.07, 6.45) is 7.90. The molecular formula is C15H25N5. The van der Waals surface area contributed by atoms with Gasteiger partial charge in [0.2, 0.25) is 0 Å². The third-order valence-corrected chi connectivity index (χ3v) is 4.00. The van der Waals surface area contributed by atoms with E-state index in [9.17, 15) is 0 Å². The number of anilines is 2. The zero-order valence-corrected chi connectivity index (χ0v) is 13.1. The number of nitrogens with zero attached hydrogens (tertiary/aromatic N) is 4. The molecule has 0 atom stereocenters. The van der Waals surface area contributed by atoms with Gasteiger partial charge in [0.25, 0.3) is 0 Å². The van der Waals surface area contributed by atoms with Crippen LogP contribution in [0.1, 0.15) is 40.5 Å². The maximum atomic E-state index is 4.76. The molecule has 2 aromatic heterocycles. The van der Waals surface area contributed by atoms with E-state index in [-0.39, 0.29) is 5.54 Å². The lowest BCUT2D eigenvalue weighted by molar-refractivity contribution is 0.468. The molecule has 0 amide bonds. The lowest BCUT2D eigenvalue weighted by Crippen LogP contribution is -2.41. The van der Waals surface area contributed by atoms with E-state index in [0.717, 1.165) is 36.7 Å². The van der Waals surface area contributed by atoms with Crippen molar-refractivity contribution in [2.75, 3.05) is 23.8 Å². The minimum Gasteiger partial charge on any atom is -0.369 e. The van der Waals surface area contributed by atoms with Gasteiger partial charge in [-0.25, -0.2) is 9.97 Å². The number of imidazole rings is 1. The Bertz CT molecular complexity index is 573. The number of rotatable bonds is 6. The average molecular weight is 275 g/mol. The van der Waals surface area contributed by atoms with Gasteiger partial charge in [-0.3, -0.25) is 0 Å². The maximum absolute atomic E-state index is 4.76. The Morgan fingerprint density at radius 2 is 2.10 bits per heavy atom. The highest BCUT2D eigenvalue weighted by molar-refractivity contribution is 5.67. The summed E-state index contributed by atoms with van der Waals surface area (Å²) in [5.41, 5.74) is 0.944. The minimum absolute atomic E-state index is 0.0445. The highest BCUT2D eigenvalue weighted by Gasteiger charge is 2.25. The predicted molar refractivity (Wildman–Crippen MR) is 84.5 cm³/mol. The van der Waals surface area contributed by atoms with Crippen LogP contribution in [0.3, 0.4) is 0 Å². The molecule has 2 aromatic rings. The average Bonchev–Trinajstić information content (AvgIpc) is 2.91. The molecule has 0 fully saturated rings. The number of aromatic nitrogens is 3. The van der Waals surface area contributed by atoms with E-state index in [1.54, 1.807) is 0 Å². The Morgan fingerprint density at radius 3 is 2.75 bits per heavy atom. The number of hydrogen-bond acceptors (Lipinski definition) is 4. The molecule has 0 saturated carbocycles. The van der Waals surface area contributed by atoms with Gasteiger partial charge in [-0.15, -0.1) is 0 Å². The smallest absolute Gasteiger partial charge is 0.180 e. The lowest BCUT2D eigenvalue weighted by Gasteiger charge is -2.36. The Morgan fingerprint density at radius 1 is 1.35 bits per heavy atom. The largest absolute Gasteiger partial charge is 0.369 e. The maximum Gasteiger partial charge on any atom is 0.180 e. The summed E-state index contributed by atoms with van der Waals surface area (Å²) in [5, 5.41) is 3.35. The quantitative estimate of drug-likeness (QED) is 0.879. The van der Waals surface area contributed by atoms with Crippen molar-refractivity contribution in [3.8, 4) is 0 Å². The molecule has 2 rings (SSSR count). The van der Waals surface area contributed by atoms with Crippen LogP contribution in [-0.2, 0) is 0 Å². The normalized spacial score (nSPS) is 11.8. The summed E-state index contributed by atoms with van der Waals surface area (Å²) >= 11 is 0. The van der Waals surface area contributed by atoms with Gasteiger partial charge >= 0.3 is 0 Å². The van der Waals surface area contributed by atoms with Crippen molar-refractivity contribution in [2.45, 2.75) is 46.1 Å². The zero-order valence-electron chi connectivity index (χ0n) is 13.1. The van der Waals surface area contributed by atoms with Crippen LogP contribution in [0.5, 0.6) is 0 Å². The molecule has 0 aromatic carbocycles. The molecule has 0 aliphatic rings. The van der Waals surface area contributed by atoms with E-state index in [1.807, 2.05) is 23.0 Å². The molecule has 0 bridgehead atoms. The molecule has 110 valence electrons. The van der Waals surface area contributed by atoms with E-state index >= 15 is 0 Å². The lowest BCUT2D eigenvalue weighted by atomic mass is 10.0. The summed E-state index contributed by atoms with van der Waals surface area (Å²) in [7, 11) is 2.09. The van der Waals surface area contributed by atoms with Crippen molar-refractivity contribution < 1.29 is 0 Å². The molecule has 2 heterocycles. The Kier molecular flexibility index (Phi) is 4.16. The molecule has 0 spiro atoms. The van der Waals surface area contributed by atoms with E-state index < -0.39 is 0 Å². The fourth-order valence-corrected chi connectivity index (χ4v) is 2.00. The highest BCUT2D eigenvalue weighted by Crippen LogP contribution is 2.27. The van der Waals surface area contributed by atoms with Gasteiger partial charge < -0.3 is 14.6 Å². The van der Waals surface area contributed by atoms with E-state index in [2.05, 4.69) is 49.9 Å². The first-order chi connectivity index (χ1) is 9.49. The first-order valence-corrected chi connectivity index (χ1v) is 7.31. The van der Waals surface area contributed by atoms with Crippen LogP contribution in [0.2, 0.25) is 0 Å². The van der Waals surface area contributed by atoms with Crippen LogP contribution in [0, 0.1) is 0 Å². The molecule has 0 radical (unpaired) electrons. The fourth-order valence-electron chi connectivity index (χ4n) is 2.00. The first-order valence-electron chi connectivity index (χ1n) is 7.31. The third-order valence-electron chi connectivity index (χ3n) is 4.00. The first kappa shape index (κ1) is 14.6. The van der Waals surface area contributed by atoms with Gasteiger partial charge in [-0.05, 0) is 26.7 Å². The molecule has 5 heteroatoms. The van der Waals surface area contributed by atoms with Crippen LogP contribution >= 0.6 is 0 Å². The second-order valence-corrected chi connectivity index (χ2v) is 5.76. The van der Waals surface area contributed by atoms with E-state index in [4.69, 9.17) is 4.98 Å². The second-order valence-electron chi connectivity index (χ2n) is 5.76.